The summed E-state index contributed by atoms with van der Waals surface area (Å²) in [7, 11) is -3.20. The molecule has 0 fully saturated rings. The summed E-state index contributed by atoms with van der Waals surface area (Å²) >= 11 is 8.80. The van der Waals surface area contributed by atoms with Gasteiger partial charge in [0.25, 0.3) is 0 Å². The highest BCUT2D eigenvalue weighted by Crippen LogP contribution is 2.24. The molecular weight excluding hydrogens is 372 g/mol. The fraction of sp³-hybridized carbons (Fsp3) is 0.0714. The van der Waals surface area contributed by atoms with Gasteiger partial charge in [0.1, 0.15) is 0 Å². The SMILES string of the molecule is CS(=O)(=O)c1ccc(-n2c(=S)[nH]c3ccc(Br)cc32)cc1. The summed E-state index contributed by atoms with van der Waals surface area (Å²) in [5.41, 5.74) is 2.67. The lowest BCUT2D eigenvalue weighted by molar-refractivity contribution is 0.602. The van der Waals surface area contributed by atoms with E-state index in [1.165, 1.54) is 6.26 Å². The first-order chi connectivity index (χ1) is 9.86. The van der Waals surface area contributed by atoms with Crippen LogP contribution in [0.2, 0.25) is 0 Å². The van der Waals surface area contributed by atoms with Crippen molar-refractivity contribution in [2.75, 3.05) is 6.26 Å². The van der Waals surface area contributed by atoms with Crippen LogP contribution < -0.4 is 0 Å². The summed E-state index contributed by atoms with van der Waals surface area (Å²) in [5, 5.41) is 0. The maximum absolute atomic E-state index is 11.5. The Labute approximate surface area is 135 Å². The molecule has 0 spiro atoms. The molecular formula is C14H11BrN2O2S2. The van der Waals surface area contributed by atoms with E-state index in [0.29, 0.717) is 9.67 Å². The number of sulfone groups is 1. The molecule has 0 amide bonds. The summed E-state index contributed by atoms with van der Waals surface area (Å²) < 4.78 is 26.4. The maximum atomic E-state index is 11.5. The lowest BCUT2D eigenvalue weighted by Gasteiger charge is -2.06. The minimum absolute atomic E-state index is 0.291. The monoisotopic (exact) mass is 382 g/mol. The first-order valence-electron chi connectivity index (χ1n) is 6.07. The van der Waals surface area contributed by atoms with Crippen molar-refractivity contribution < 1.29 is 8.42 Å². The van der Waals surface area contributed by atoms with Gasteiger partial charge < -0.3 is 4.98 Å². The standard InChI is InChI=1S/C14H11BrN2O2S2/c1-21(18,19)11-5-3-10(4-6-11)17-13-8-9(15)2-7-12(13)16-14(17)20/h2-8H,1H3,(H,16,20). The summed E-state index contributed by atoms with van der Waals surface area (Å²) in [6.07, 6.45) is 1.19. The number of benzene rings is 2. The first kappa shape index (κ1) is 14.5. The molecule has 0 aliphatic rings. The van der Waals surface area contributed by atoms with Crippen LogP contribution in [0.25, 0.3) is 16.7 Å². The Morgan fingerprint density at radius 2 is 1.81 bits per heavy atom. The van der Waals surface area contributed by atoms with Gasteiger partial charge >= 0.3 is 0 Å². The van der Waals surface area contributed by atoms with Gasteiger partial charge in [-0.05, 0) is 54.7 Å². The van der Waals surface area contributed by atoms with E-state index in [4.69, 9.17) is 12.2 Å². The number of H-pyrrole nitrogens is 1. The van der Waals surface area contributed by atoms with E-state index >= 15 is 0 Å². The Kier molecular flexibility index (Phi) is 3.51. The fourth-order valence-corrected chi connectivity index (χ4v) is 3.47. The van der Waals surface area contributed by atoms with Gasteiger partial charge in [0.05, 0.1) is 15.9 Å². The third kappa shape index (κ3) is 2.68. The van der Waals surface area contributed by atoms with Crippen molar-refractivity contribution >= 4 is 49.0 Å². The summed E-state index contributed by atoms with van der Waals surface area (Å²) in [4.78, 5) is 3.43. The molecule has 4 nitrogen and oxygen atoms in total. The van der Waals surface area contributed by atoms with E-state index < -0.39 is 9.84 Å². The number of aromatic amines is 1. The van der Waals surface area contributed by atoms with Crippen molar-refractivity contribution in [3.05, 3.63) is 51.7 Å². The third-order valence-electron chi connectivity index (χ3n) is 3.17. The Morgan fingerprint density at radius 3 is 2.43 bits per heavy atom. The molecule has 0 bridgehead atoms. The molecule has 0 aliphatic carbocycles. The van der Waals surface area contributed by atoms with Crippen LogP contribution in [0.3, 0.4) is 0 Å². The average Bonchev–Trinajstić information content (AvgIpc) is 2.73. The summed E-state index contributed by atoms with van der Waals surface area (Å²) in [5.74, 6) is 0. The van der Waals surface area contributed by atoms with E-state index in [9.17, 15) is 8.42 Å². The highest BCUT2D eigenvalue weighted by atomic mass is 79.9. The number of halogens is 1. The lowest BCUT2D eigenvalue weighted by atomic mass is 10.3. The van der Waals surface area contributed by atoms with Gasteiger partial charge in [-0.3, -0.25) is 4.57 Å². The van der Waals surface area contributed by atoms with Crippen LogP contribution in [0.5, 0.6) is 0 Å². The van der Waals surface area contributed by atoms with Crippen molar-refractivity contribution in [3.8, 4) is 5.69 Å². The molecule has 0 atom stereocenters. The molecule has 3 aromatic rings. The molecule has 1 N–H and O–H groups in total. The van der Waals surface area contributed by atoms with Crippen molar-refractivity contribution in [1.82, 2.24) is 9.55 Å². The second-order valence-corrected chi connectivity index (χ2v) is 8.01. The van der Waals surface area contributed by atoms with Gasteiger partial charge in [0, 0.05) is 16.4 Å². The molecule has 0 unspecified atom stereocenters. The van der Waals surface area contributed by atoms with Gasteiger partial charge in [-0.25, -0.2) is 8.42 Å². The molecule has 0 saturated heterocycles. The molecule has 7 heteroatoms. The van der Waals surface area contributed by atoms with Crippen molar-refractivity contribution in [3.63, 3.8) is 0 Å². The summed E-state index contributed by atoms with van der Waals surface area (Å²) in [6.45, 7) is 0. The molecule has 108 valence electrons. The topological polar surface area (TPSA) is 54.9 Å². The first-order valence-corrected chi connectivity index (χ1v) is 9.16. The van der Waals surface area contributed by atoms with Crippen molar-refractivity contribution in [2.24, 2.45) is 0 Å². The van der Waals surface area contributed by atoms with Crippen molar-refractivity contribution in [1.29, 1.82) is 0 Å². The van der Waals surface area contributed by atoms with E-state index in [2.05, 4.69) is 20.9 Å². The largest absolute Gasteiger partial charge is 0.330 e. The second kappa shape index (κ2) is 5.08. The van der Waals surface area contributed by atoms with E-state index in [1.807, 2.05) is 22.8 Å². The fourth-order valence-electron chi connectivity index (χ4n) is 2.17. The Balaban J connectivity index is 2.23. The molecule has 1 heterocycles. The van der Waals surface area contributed by atoms with E-state index in [1.54, 1.807) is 24.3 Å². The number of nitrogens with one attached hydrogen (secondary N) is 1. The Morgan fingerprint density at radius 1 is 1.14 bits per heavy atom. The van der Waals surface area contributed by atoms with Gasteiger partial charge in [0.2, 0.25) is 0 Å². The number of fused-ring (bicyclic) bond motifs is 1. The van der Waals surface area contributed by atoms with Crippen LogP contribution in [-0.4, -0.2) is 24.2 Å². The van der Waals surface area contributed by atoms with Crippen LogP contribution >= 0.6 is 28.1 Å². The smallest absolute Gasteiger partial charge is 0.182 e. The zero-order chi connectivity index (χ0) is 15.2. The van der Waals surface area contributed by atoms with Gasteiger partial charge in [-0.1, -0.05) is 15.9 Å². The number of nitrogens with zero attached hydrogens (tertiary/aromatic N) is 1. The Hall–Kier alpha value is -1.44. The van der Waals surface area contributed by atoms with Crippen molar-refractivity contribution in [2.45, 2.75) is 4.90 Å². The molecule has 0 saturated carbocycles. The number of rotatable bonds is 2. The van der Waals surface area contributed by atoms with Crippen LogP contribution in [0.4, 0.5) is 0 Å². The Bertz CT molecular complexity index is 986. The molecule has 2 aromatic carbocycles. The zero-order valence-corrected chi connectivity index (χ0v) is 14.2. The van der Waals surface area contributed by atoms with E-state index in [0.717, 1.165) is 21.2 Å². The average molecular weight is 383 g/mol. The minimum Gasteiger partial charge on any atom is -0.330 e. The zero-order valence-electron chi connectivity index (χ0n) is 11.0. The lowest BCUT2D eigenvalue weighted by Crippen LogP contribution is -1.99. The van der Waals surface area contributed by atoms with E-state index in [-0.39, 0.29) is 0 Å². The maximum Gasteiger partial charge on any atom is 0.182 e. The molecule has 21 heavy (non-hydrogen) atoms. The molecule has 0 radical (unpaired) electrons. The highest BCUT2D eigenvalue weighted by Gasteiger charge is 2.10. The highest BCUT2D eigenvalue weighted by molar-refractivity contribution is 9.10. The minimum atomic E-state index is -3.20. The quantitative estimate of drug-likeness (QED) is 0.684. The number of hydrogen-bond acceptors (Lipinski definition) is 3. The van der Waals surface area contributed by atoms with Crippen LogP contribution in [0.1, 0.15) is 0 Å². The third-order valence-corrected chi connectivity index (χ3v) is 5.07. The van der Waals surface area contributed by atoms with Crippen LogP contribution in [0.15, 0.2) is 51.8 Å². The van der Waals surface area contributed by atoms with Gasteiger partial charge in [-0.2, -0.15) is 0 Å². The molecule has 0 aliphatic heterocycles. The number of aromatic nitrogens is 2. The van der Waals surface area contributed by atoms with Crippen LogP contribution in [0, 0.1) is 4.77 Å². The number of hydrogen-bond donors (Lipinski definition) is 1. The molecule has 1 aromatic heterocycles. The summed E-state index contributed by atoms with van der Waals surface area (Å²) in [6, 6.07) is 12.5. The number of imidazole rings is 1. The second-order valence-electron chi connectivity index (χ2n) is 4.69. The normalized spacial score (nSPS) is 11.9. The predicted octanol–water partition coefficient (Wildman–Crippen LogP) is 3.85. The van der Waals surface area contributed by atoms with Gasteiger partial charge in [0.15, 0.2) is 14.6 Å². The predicted molar refractivity (Wildman–Crippen MR) is 89.3 cm³/mol. The van der Waals surface area contributed by atoms with Gasteiger partial charge in [-0.15, -0.1) is 0 Å². The molecule has 3 rings (SSSR count). The van der Waals surface area contributed by atoms with Crippen LogP contribution in [-0.2, 0) is 9.84 Å².